The third kappa shape index (κ3) is 4.91. The molecule has 0 heterocycles. The van der Waals surface area contributed by atoms with Gasteiger partial charge >= 0.3 is 0 Å². The molecule has 0 radical (unpaired) electrons. The molecule has 1 aromatic carbocycles. The van der Waals surface area contributed by atoms with Gasteiger partial charge in [0.15, 0.2) is 0 Å². The van der Waals surface area contributed by atoms with Gasteiger partial charge in [-0.1, -0.05) is 32.0 Å². The van der Waals surface area contributed by atoms with Crippen LogP contribution in [0.3, 0.4) is 0 Å². The average molecular weight is 264 g/mol. The number of carbonyl (C=O) groups is 1. The number of para-hydroxylation sites is 1. The van der Waals surface area contributed by atoms with Crippen molar-refractivity contribution in [1.82, 2.24) is 5.32 Å². The quantitative estimate of drug-likeness (QED) is 0.791. The molecule has 106 valence electrons. The van der Waals surface area contributed by atoms with E-state index in [9.17, 15) is 4.79 Å². The lowest BCUT2D eigenvalue weighted by Gasteiger charge is -2.33. The van der Waals surface area contributed by atoms with Crippen molar-refractivity contribution in [2.75, 3.05) is 13.2 Å². The van der Waals surface area contributed by atoms with Crippen LogP contribution in [-0.2, 0) is 4.79 Å². The van der Waals surface area contributed by atoms with Crippen LogP contribution in [-0.4, -0.2) is 24.6 Å². The first-order valence-electron chi connectivity index (χ1n) is 6.67. The number of hydrogen-bond acceptors (Lipinski definition) is 3. The van der Waals surface area contributed by atoms with E-state index in [0.29, 0.717) is 19.6 Å². The number of amides is 1. The van der Waals surface area contributed by atoms with Crippen LogP contribution < -0.4 is 15.8 Å². The highest BCUT2D eigenvalue weighted by Gasteiger charge is 2.28. The Labute approximate surface area is 115 Å². The van der Waals surface area contributed by atoms with Crippen molar-refractivity contribution in [3.05, 3.63) is 30.3 Å². The van der Waals surface area contributed by atoms with Gasteiger partial charge in [-0.25, -0.2) is 0 Å². The lowest BCUT2D eigenvalue weighted by Crippen LogP contribution is -2.55. The van der Waals surface area contributed by atoms with Crippen LogP contribution in [0.25, 0.3) is 0 Å². The van der Waals surface area contributed by atoms with Gasteiger partial charge in [-0.05, 0) is 25.0 Å². The Morgan fingerprint density at radius 3 is 2.53 bits per heavy atom. The van der Waals surface area contributed by atoms with Crippen LogP contribution >= 0.6 is 0 Å². The molecule has 4 heteroatoms. The predicted molar refractivity (Wildman–Crippen MR) is 77.0 cm³/mol. The minimum Gasteiger partial charge on any atom is -0.493 e. The van der Waals surface area contributed by atoms with E-state index in [1.165, 1.54) is 0 Å². The van der Waals surface area contributed by atoms with Crippen molar-refractivity contribution < 1.29 is 9.53 Å². The van der Waals surface area contributed by atoms with Crippen molar-refractivity contribution in [2.24, 2.45) is 11.7 Å². The number of ether oxygens (including phenoxy) is 1. The molecule has 1 rings (SSSR count). The fourth-order valence-electron chi connectivity index (χ4n) is 1.59. The lowest BCUT2D eigenvalue weighted by atomic mass is 9.88. The van der Waals surface area contributed by atoms with Gasteiger partial charge in [0.05, 0.1) is 18.6 Å². The Kier molecular flexibility index (Phi) is 5.83. The summed E-state index contributed by atoms with van der Waals surface area (Å²) in [5.41, 5.74) is 5.37. The van der Waals surface area contributed by atoms with Gasteiger partial charge in [0.2, 0.25) is 5.91 Å². The first-order valence-corrected chi connectivity index (χ1v) is 6.67. The molecule has 19 heavy (non-hydrogen) atoms. The molecule has 4 nitrogen and oxygen atoms in total. The summed E-state index contributed by atoms with van der Waals surface area (Å²) in [7, 11) is 0. The predicted octanol–water partition coefficient (Wildman–Crippen LogP) is 1.95. The van der Waals surface area contributed by atoms with Gasteiger partial charge in [-0.15, -0.1) is 0 Å². The minimum absolute atomic E-state index is 0.0300. The Hall–Kier alpha value is -1.55. The summed E-state index contributed by atoms with van der Waals surface area (Å²) in [6, 6.07) is 9.47. The van der Waals surface area contributed by atoms with Gasteiger partial charge in [-0.2, -0.15) is 0 Å². The van der Waals surface area contributed by atoms with E-state index in [-0.39, 0.29) is 17.4 Å². The molecule has 0 aliphatic rings. The summed E-state index contributed by atoms with van der Waals surface area (Å²) in [6.45, 7) is 6.86. The van der Waals surface area contributed by atoms with Crippen molar-refractivity contribution in [3.8, 4) is 5.75 Å². The number of carbonyl (C=O) groups excluding carboxylic acids is 1. The number of rotatable bonds is 7. The number of hydrogen-bond donors (Lipinski definition) is 2. The topological polar surface area (TPSA) is 64.3 Å². The fourth-order valence-corrected chi connectivity index (χ4v) is 1.59. The van der Waals surface area contributed by atoms with Crippen molar-refractivity contribution >= 4 is 5.91 Å². The molecular formula is C15H24N2O2. The molecular weight excluding hydrogens is 240 g/mol. The molecule has 0 aromatic heterocycles. The highest BCUT2D eigenvalue weighted by atomic mass is 16.5. The molecule has 3 N–H and O–H groups in total. The maximum Gasteiger partial charge on any atom is 0.223 e. The monoisotopic (exact) mass is 264 g/mol. The zero-order valence-electron chi connectivity index (χ0n) is 12.0. The Morgan fingerprint density at radius 2 is 2.00 bits per heavy atom. The lowest BCUT2D eigenvalue weighted by molar-refractivity contribution is -0.123. The van der Waals surface area contributed by atoms with Crippen molar-refractivity contribution in [3.63, 3.8) is 0 Å². The highest BCUT2D eigenvalue weighted by molar-refractivity contribution is 5.77. The molecule has 0 aliphatic carbocycles. The molecule has 0 bridgehead atoms. The van der Waals surface area contributed by atoms with E-state index in [2.05, 4.69) is 5.32 Å². The first kappa shape index (κ1) is 15.5. The summed E-state index contributed by atoms with van der Waals surface area (Å²) in [6.07, 6.45) is 0.331. The minimum atomic E-state index is -0.357. The van der Waals surface area contributed by atoms with Crippen molar-refractivity contribution in [2.45, 2.75) is 32.7 Å². The van der Waals surface area contributed by atoms with Crippen LogP contribution in [0.15, 0.2) is 30.3 Å². The number of nitrogens with one attached hydrogen (secondary N) is 1. The SMILES string of the molecule is CC(C)C(C)(CN)NC(=O)CCOc1ccccc1. The van der Waals surface area contributed by atoms with E-state index < -0.39 is 0 Å². The largest absolute Gasteiger partial charge is 0.493 e. The van der Waals surface area contributed by atoms with E-state index in [0.717, 1.165) is 5.75 Å². The summed E-state index contributed by atoms with van der Waals surface area (Å²) in [5.74, 6) is 1.04. The second-order valence-electron chi connectivity index (χ2n) is 5.24. The smallest absolute Gasteiger partial charge is 0.223 e. The zero-order valence-corrected chi connectivity index (χ0v) is 12.0. The van der Waals surface area contributed by atoms with E-state index in [4.69, 9.17) is 10.5 Å². The van der Waals surface area contributed by atoms with Crippen LogP contribution in [0, 0.1) is 5.92 Å². The summed E-state index contributed by atoms with van der Waals surface area (Å²) < 4.78 is 5.49. The van der Waals surface area contributed by atoms with Crippen LogP contribution in [0.1, 0.15) is 27.2 Å². The third-order valence-electron chi connectivity index (χ3n) is 3.46. The molecule has 0 saturated carbocycles. The maximum atomic E-state index is 11.9. The second kappa shape index (κ2) is 7.14. The zero-order chi connectivity index (χ0) is 14.3. The third-order valence-corrected chi connectivity index (χ3v) is 3.46. The molecule has 1 unspecified atom stereocenters. The van der Waals surface area contributed by atoms with E-state index >= 15 is 0 Å². The first-order chi connectivity index (χ1) is 8.98. The molecule has 0 aliphatic heterocycles. The fraction of sp³-hybridized carbons (Fsp3) is 0.533. The molecule has 0 spiro atoms. The number of benzene rings is 1. The standard InChI is InChI=1S/C15H24N2O2/c1-12(2)15(3,11-16)17-14(18)9-10-19-13-7-5-4-6-8-13/h4-8,12H,9-11,16H2,1-3H3,(H,17,18). The molecule has 1 atom stereocenters. The Bertz CT molecular complexity index is 392. The van der Waals surface area contributed by atoms with Crippen LogP contribution in [0.5, 0.6) is 5.75 Å². The van der Waals surface area contributed by atoms with Gasteiger partial charge in [0, 0.05) is 6.54 Å². The molecule has 1 aromatic rings. The normalized spacial score (nSPS) is 13.9. The van der Waals surface area contributed by atoms with Gasteiger partial charge < -0.3 is 15.8 Å². The molecule has 0 fully saturated rings. The number of nitrogens with two attached hydrogens (primary N) is 1. The highest BCUT2D eigenvalue weighted by Crippen LogP contribution is 2.15. The van der Waals surface area contributed by atoms with Gasteiger partial charge in [0.1, 0.15) is 5.75 Å². The molecule has 1 amide bonds. The van der Waals surface area contributed by atoms with Crippen molar-refractivity contribution in [1.29, 1.82) is 0 Å². The summed E-state index contributed by atoms with van der Waals surface area (Å²) >= 11 is 0. The van der Waals surface area contributed by atoms with E-state index in [1.54, 1.807) is 0 Å². The van der Waals surface area contributed by atoms with E-state index in [1.807, 2.05) is 51.1 Å². The Morgan fingerprint density at radius 1 is 1.37 bits per heavy atom. The van der Waals surface area contributed by atoms with Crippen LogP contribution in [0.4, 0.5) is 0 Å². The van der Waals surface area contributed by atoms with Crippen LogP contribution in [0.2, 0.25) is 0 Å². The second-order valence-corrected chi connectivity index (χ2v) is 5.24. The van der Waals surface area contributed by atoms with Gasteiger partial charge in [0.25, 0.3) is 0 Å². The molecule has 0 saturated heterocycles. The maximum absolute atomic E-state index is 11.9. The Balaban J connectivity index is 2.36. The summed E-state index contributed by atoms with van der Waals surface area (Å²) in [5, 5.41) is 2.98. The summed E-state index contributed by atoms with van der Waals surface area (Å²) in [4.78, 5) is 11.9. The average Bonchev–Trinajstić information content (AvgIpc) is 2.39. The van der Waals surface area contributed by atoms with Gasteiger partial charge in [-0.3, -0.25) is 4.79 Å².